The zero-order valence-electron chi connectivity index (χ0n) is 11.4. The molecule has 2 heteroatoms. The summed E-state index contributed by atoms with van der Waals surface area (Å²) in [6, 6.07) is 0.721. The van der Waals surface area contributed by atoms with E-state index in [0.717, 1.165) is 24.9 Å². The Morgan fingerprint density at radius 3 is 2.44 bits per heavy atom. The Hall–Kier alpha value is -0.0800. The first-order chi connectivity index (χ1) is 7.44. The monoisotopic (exact) mass is 227 g/mol. The molecule has 1 aliphatic carbocycles. The van der Waals surface area contributed by atoms with Crippen LogP contribution < -0.4 is 5.32 Å². The van der Waals surface area contributed by atoms with Gasteiger partial charge in [0.15, 0.2) is 0 Å². The fourth-order valence-corrected chi connectivity index (χ4v) is 2.59. The molecule has 0 radical (unpaired) electrons. The molecule has 1 saturated carbocycles. The van der Waals surface area contributed by atoms with Crippen LogP contribution in [0.25, 0.3) is 0 Å². The average Bonchev–Trinajstić information content (AvgIpc) is 2.93. The summed E-state index contributed by atoms with van der Waals surface area (Å²) in [5.41, 5.74) is 0.203. The Labute approximate surface area is 101 Å². The first kappa shape index (κ1) is 14.0. The highest BCUT2D eigenvalue weighted by Crippen LogP contribution is 2.35. The van der Waals surface area contributed by atoms with Gasteiger partial charge >= 0.3 is 0 Å². The van der Waals surface area contributed by atoms with Gasteiger partial charge in [-0.15, -0.1) is 0 Å². The van der Waals surface area contributed by atoms with E-state index in [2.05, 4.69) is 26.1 Å². The van der Waals surface area contributed by atoms with Gasteiger partial charge < -0.3 is 10.4 Å². The van der Waals surface area contributed by atoms with E-state index >= 15 is 0 Å². The van der Waals surface area contributed by atoms with E-state index in [0.29, 0.717) is 0 Å². The molecule has 2 atom stereocenters. The van der Waals surface area contributed by atoms with E-state index in [9.17, 15) is 5.11 Å². The van der Waals surface area contributed by atoms with Crippen LogP contribution in [0.15, 0.2) is 0 Å². The molecule has 2 nitrogen and oxygen atoms in total. The molecule has 0 saturated heterocycles. The molecule has 2 N–H and O–H groups in total. The maximum absolute atomic E-state index is 9.45. The van der Waals surface area contributed by atoms with Crippen LogP contribution >= 0.6 is 0 Å². The topological polar surface area (TPSA) is 32.3 Å². The quantitative estimate of drug-likeness (QED) is 0.668. The van der Waals surface area contributed by atoms with E-state index in [1.165, 1.54) is 25.7 Å². The molecule has 0 bridgehead atoms. The molecule has 0 heterocycles. The van der Waals surface area contributed by atoms with Gasteiger partial charge in [-0.25, -0.2) is 0 Å². The lowest BCUT2D eigenvalue weighted by molar-refractivity contribution is 0.125. The van der Waals surface area contributed by atoms with Crippen molar-refractivity contribution in [3.63, 3.8) is 0 Å². The normalized spacial score (nSPS) is 20.8. The van der Waals surface area contributed by atoms with Crippen LogP contribution in [0.2, 0.25) is 0 Å². The van der Waals surface area contributed by atoms with Crippen molar-refractivity contribution in [2.45, 2.75) is 71.9 Å². The number of aliphatic hydroxyl groups excluding tert-OH is 1. The minimum absolute atomic E-state index is 0.192. The van der Waals surface area contributed by atoms with E-state index in [4.69, 9.17) is 0 Å². The number of aliphatic hydroxyl groups is 1. The number of nitrogens with one attached hydrogen (secondary N) is 1. The van der Waals surface area contributed by atoms with Gasteiger partial charge in [0.1, 0.15) is 0 Å². The Morgan fingerprint density at radius 2 is 2.00 bits per heavy atom. The molecule has 0 spiro atoms. The molecule has 0 aromatic heterocycles. The summed E-state index contributed by atoms with van der Waals surface area (Å²) in [7, 11) is 0. The molecule has 1 aliphatic rings. The lowest BCUT2D eigenvalue weighted by atomic mass is 9.86. The molecule has 1 fully saturated rings. The predicted molar refractivity (Wildman–Crippen MR) is 69.5 cm³/mol. The second-order valence-electron chi connectivity index (χ2n) is 6.33. The second-order valence-corrected chi connectivity index (χ2v) is 6.33. The number of hydrogen-bond donors (Lipinski definition) is 2. The summed E-state index contributed by atoms with van der Waals surface area (Å²) in [5.74, 6) is 0.933. The fraction of sp³-hybridized carbons (Fsp3) is 1.00. The highest BCUT2D eigenvalue weighted by Gasteiger charge is 2.31. The summed E-state index contributed by atoms with van der Waals surface area (Å²) >= 11 is 0. The number of rotatable bonds is 8. The molecule has 0 aliphatic heterocycles. The molecule has 96 valence electrons. The fourth-order valence-electron chi connectivity index (χ4n) is 2.59. The molecule has 0 amide bonds. The maximum atomic E-state index is 9.45. The molecule has 0 aromatic carbocycles. The van der Waals surface area contributed by atoms with Gasteiger partial charge in [-0.2, -0.15) is 0 Å². The van der Waals surface area contributed by atoms with Crippen molar-refractivity contribution in [1.82, 2.24) is 5.32 Å². The number of hydrogen-bond acceptors (Lipinski definition) is 2. The van der Waals surface area contributed by atoms with Gasteiger partial charge in [-0.05, 0) is 43.9 Å². The summed E-state index contributed by atoms with van der Waals surface area (Å²) < 4.78 is 0. The third-order valence-electron chi connectivity index (χ3n) is 3.48. The van der Waals surface area contributed by atoms with Crippen LogP contribution in [0.1, 0.15) is 59.8 Å². The van der Waals surface area contributed by atoms with Crippen LogP contribution in [0.3, 0.4) is 0 Å². The van der Waals surface area contributed by atoms with Gasteiger partial charge in [0.05, 0.1) is 6.10 Å². The molecule has 2 unspecified atom stereocenters. The maximum Gasteiger partial charge on any atom is 0.0517 e. The summed E-state index contributed by atoms with van der Waals surface area (Å²) in [6.07, 6.45) is 6.08. The lowest BCUT2D eigenvalue weighted by Gasteiger charge is -2.29. The van der Waals surface area contributed by atoms with Gasteiger partial charge in [-0.1, -0.05) is 27.2 Å². The van der Waals surface area contributed by atoms with Gasteiger partial charge in [0.25, 0.3) is 0 Å². The zero-order valence-corrected chi connectivity index (χ0v) is 11.4. The second kappa shape index (κ2) is 6.02. The Balaban J connectivity index is 2.29. The molecule has 16 heavy (non-hydrogen) atoms. The van der Waals surface area contributed by atoms with Gasteiger partial charge in [-0.3, -0.25) is 0 Å². The van der Waals surface area contributed by atoms with Crippen LogP contribution in [-0.2, 0) is 0 Å². The van der Waals surface area contributed by atoms with E-state index in [1.807, 2.05) is 6.92 Å². The predicted octanol–water partition coefficient (Wildman–Crippen LogP) is 2.95. The van der Waals surface area contributed by atoms with Crippen molar-refractivity contribution in [3.8, 4) is 0 Å². The van der Waals surface area contributed by atoms with Crippen molar-refractivity contribution < 1.29 is 5.11 Å². The van der Waals surface area contributed by atoms with Crippen molar-refractivity contribution in [1.29, 1.82) is 0 Å². The van der Waals surface area contributed by atoms with Gasteiger partial charge in [0.2, 0.25) is 0 Å². The molecule has 0 aromatic rings. The SMILES string of the molecule is CCCC(NCC(C)(C)CC(C)O)C1CC1. The standard InChI is InChI=1S/C14H29NO/c1-5-6-13(12-7-8-12)15-10-14(3,4)9-11(2)16/h11-13,15-16H,5-10H2,1-4H3. The summed E-state index contributed by atoms with van der Waals surface area (Å²) in [4.78, 5) is 0. The average molecular weight is 227 g/mol. The lowest BCUT2D eigenvalue weighted by Crippen LogP contribution is -2.39. The van der Waals surface area contributed by atoms with Crippen LogP contribution in [0.4, 0.5) is 0 Å². The van der Waals surface area contributed by atoms with Crippen LogP contribution in [0, 0.1) is 11.3 Å². The van der Waals surface area contributed by atoms with Crippen molar-refractivity contribution >= 4 is 0 Å². The van der Waals surface area contributed by atoms with E-state index < -0.39 is 0 Å². The zero-order chi connectivity index (χ0) is 12.2. The van der Waals surface area contributed by atoms with Crippen LogP contribution in [0.5, 0.6) is 0 Å². The van der Waals surface area contributed by atoms with Crippen LogP contribution in [-0.4, -0.2) is 23.8 Å². The largest absolute Gasteiger partial charge is 0.393 e. The summed E-state index contributed by atoms with van der Waals surface area (Å²) in [6.45, 7) is 9.65. The highest BCUT2D eigenvalue weighted by atomic mass is 16.3. The van der Waals surface area contributed by atoms with Crippen molar-refractivity contribution in [2.75, 3.05) is 6.54 Å². The molecule has 1 rings (SSSR count). The van der Waals surface area contributed by atoms with Gasteiger partial charge in [0, 0.05) is 12.6 Å². The Kier molecular flexibility index (Phi) is 5.26. The summed E-state index contributed by atoms with van der Waals surface area (Å²) in [5, 5.41) is 13.2. The minimum Gasteiger partial charge on any atom is -0.393 e. The third kappa shape index (κ3) is 5.31. The third-order valence-corrected chi connectivity index (χ3v) is 3.48. The first-order valence-corrected chi connectivity index (χ1v) is 6.86. The Bertz CT molecular complexity index is 197. The van der Waals surface area contributed by atoms with Crippen molar-refractivity contribution in [3.05, 3.63) is 0 Å². The Morgan fingerprint density at radius 1 is 1.38 bits per heavy atom. The minimum atomic E-state index is -0.192. The van der Waals surface area contributed by atoms with E-state index in [-0.39, 0.29) is 11.5 Å². The molecular formula is C14H29NO. The first-order valence-electron chi connectivity index (χ1n) is 6.86. The smallest absolute Gasteiger partial charge is 0.0517 e. The van der Waals surface area contributed by atoms with Crippen molar-refractivity contribution in [2.24, 2.45) is 11.3 Å². The highest BCUT2D eigenvalue weighted by molar-refractivity contribution is 4.87. The van der Waals surface area contributed by atoms with E-state index in [1.54, 1.807) is 0 Å². The molecular weight excluding hydrogens is 198 g/mol.